The Morgan fingerprint density at radius 1 is 1.15 bits per heavy atom. The number of nitrogens with zero attached hydrogens (tertiary/aromatic N) is 1. The van der Waals surface area contributed by atoms with E-state index in [1.165, 1.54) is 0 Å². The van der Waals surface area contributed by atoms with E-state index in [0.29, 0.717) is 0 Å². The van der Waals surface area contributed by atoms with Crippen molar-refractivity contribution in [1.82, 2.24) is 4.98 Å². The number of ketones is 1. The van der Waals surface area contributed by atoms with E-state index in [0.717, 1.165) is 41.0 Å². The molecule has 100 valence electrons. The Bertz CT molecular complexity index is 675. The molecule has 1 aliphatic rings. The molecule has 0 spiro atoms. The van der Waals surface area contributed by atoms with Crippen LogP contribution in [0, 0.1) is 0 Å². The zero-order valence-electron chi connectivity index (χ0n) is 11.3. The summed E-state index contributed by atoms with van der Waals surface area (Å²) < 4.78 is 5.33. The summed E-state index contributed by atoms with van der Waals surface area (Å²) in [5, 5.41) is 0. The molecule has 0 atom stereocenters. The van der Waals surface area contributed by atoms with Crippen LogP contribution < -0.4 is 4.74 Å². The molecule has 3 rings (SSSR count). The molecule has 0 unspecified atom stereocenters. The molecule has 3 nitrogen and oxygen atoms in total. The summed E-state index contributed by atoms with van der Waals surface area (Å²) in [5.74, 6) is 0.878. The number of hydrogen-bond acceptors (Lipinski definition) is 3. The van der Waals surface area contributed by atoms with E-state index in [1.54, 1.807) is 13.3 Å². The maximum Gasteiger partial charge on any atom is 0.189 e. The third-order valence-corrected chi connectivity index (χ3v) is 3.54. The molecule has 0 saturated carbocycles. The van der Waals surface area contributed by atoms with Gasteiger partial charge in [-0.15, -0.1) is 0 Å². The normalized spacial score (nSPS) is 16.1. The summed E-state index contributed by atoms with van der Waals surface area (Å²) in [6, 6.07) is 11.3. The lowest BCUT2D eigenvalue weighted by atomic mass is 9.86. The second-order valence-corrected chi connectivity index (χ2v) is 4.74. The molecule has 0 saturated heterocycles. The molecule has 2 aromatic rings. The Kier molecular flexibility index (Phi) is 3.33. The number of carbonyl (C=O) groups excluding carboxylic acids is 1. The largest absolute Gasteiger partial charge is 0.496 e. The van der Waals surface area contributed by atoms with Gasteiger partial charge in [0.05, 0.1) is 12.8 Å². The van der Waals surface area contributed by atoms with Gasteiger partial charge in [-0.3, -0.25) is 9.78 Å². The lowest BCUT2D eigenvalue weighted by Gasteiger charge is -2.19. The van der Waals surface area contributed by atoms with Gasteiger partial charge < -0.3 is 4.74 Å². The topological polar surface area (TPSA) is 39.2 Å². The number of ether oxygens (including phenoxy) is 1. The summed E-state index contributed by atoms with van der Waals surface area (Å²) in [4.78, 5) is 16.8. The fourth-order valence-corrected chi connectivity index (χ4v) is 2.55. The van der Waals surface area contributed by atoms with Crippen molar-refractivity contribution in [3.63, 3.8) is 0 Å². The number of methoxy groups -OCH3 is 1. The van der Waals surface area contributed by atoms with Gasteiger partial charge in [0.25, 0.3) is 0 Å². The first-order valence-electron chi connectivity index (χ1n) is 6.62. The molecule has 0 radical (unpaired) electrons. The fourth-order valence-electron chi connectivity index (χ4n) is 2.55. The summed E-state index contributed by atoms with van der Waals surface area (Å²) in [6.45, 7) is 0. The summed E-state index contributed by atoms with van der Waals surface area (Å²) in [7, 11) is 1.64. The molecule has 1 aliphatic carbocycles. The van der Waals surface area contributed by atoms with E-state index in [-0.39, 0.29) is 5.78 Å². The van der Waals surface area contributed by atoms with Gasteiger partial charge in [-0.05, 0) is 37.1 Å². The van der Waals surface area contributed by atoms with Crippen LogP contribution in [0.25, 0.3) is 6.08 Å². The molecule has 1 aromatic heterocycles. The third kappa shape index (κ3) is 2.23. The number of fused-ring (bicyclic) bond motifs is 1. The van der Waals surface area contributed by atoms with E-state index in [4.69, 9.17) is 4.74 Å². The van der Waals surface area contributed by atoms with Crippen LogP contribution in [0.1, 0.15) is 28.0 Å². The van der Waals surface area contributed by atoms with Crippen LogP contribution in [0.2, 0.25) is 0 Å². The Morgan fingerprint density at radius 3 is 2.80 bits per heavy atom. The maximum atomic E-state index is 12.5. The Balaban J connectivity index is 2.00. The Morgan fingerprint density at radius 2 is 2.05 bits per heavy atom. The van der Waals surface area contributed by atoms with Crippen LogP contribution in [0.4, 0.5) is 0 Å². The van der Waals surface area contributed by atoms with Gasteiger partial charge >= 0.3 is 0 Å². The molecule has 3 heteroatoms. The van der Waals surface area contributed by atoms with Crippen LogP contribution in [-0.2, 0) is 6.42 Å². The molecule has 0 aliphatic heterocycles. The van der Waals surface area contributed by atoms with E-state index < -0.39 is 0 Å². The lowest BCUT2D eigenvalue weighted by molar-refractivity contribution is 0.102. The van der Waals surface area contributed by atoms with E-state index in [1.807, 2.05) is 42.5 Å². The SMILES string of the molecule is COc1cccc2c1CC/C(=C/c1ccccn1)C2=O. The van der Waals surface area contributed by atoms with Crippen LogP contribution in [-0.4, -0.2) is 17.9 Å². The number of benzene rings is 1. The van der Waals surface area contributed by atoms with Gasteiger partial charge in [-0.1, -0.05) is 18.2 Å². The highest BCUT2D eigenvalue weighted by atomic mass is 16.5. The van der Waals surface area contributed by atoms with Crippen LogP contribution in [0.5, 0.6) is 5.75 Å². The summed E-state index contributed by atoms with van der Waals surface area (Å²) in [6.07, 6.45) is 5.16. The van der Waals surface area contributed by atoms with Crippen LogP contribution in [0.15, 0.2) is 48.2 Å². The smallest absolute Gasteiger partial charge is 0.189 e. The molecular weight excluding hydrogens is 250 g/mol. The first-order chi connectivity index (χ1) is 9.79. The van der Waals surface area contributed by atoms with Crippen molar-refractivity contribution < 1.29 is 9.53 Å². The van der Waals surface area contributed by atoms with E-state index in [2.05, 4.69) is 4.98 Å². The van der Waals surface area contributed by atoms with Crippen molar-refractivity contribution in [2.24, 2.45) is 0 Å². The number of carbonyl (C=O) groups is 1. The number of rotatable bonds is 2. The summed E-state index contributed by atoms with van der Waals surface area (Å²) in [5.41, 5.74) is 3.39. The van der Waals surface area contributed by atoms with E-state index in [9.17, 15) is 4.79 Å². The zero-order chi connectivity index (χ0) is 13.9. The van der Waals surface area contributed by atoms with Crippen molar-refractivity contribution in [2.75, 3.05) is 7.11 Å². The van der Waals surface area contributed by atoms with Crippen molar-refractivity contribution in [3.8, 4) is 5.75 Å². The van der Waals surface area contributed by atoms with Crippen molar-refractivity contribution >= 4 is 11.9 Å². The van der Waals surface area contributed by atoms with Gasteiger partial charge in [0.2, 0.25) is 0 Å². The van der Waals surface area contributed by atoms with Gasteiger partial charge in [-0.2, -0.15) is 0 Å². The molecule has 0 N–H and O–H groups in total. The van der Waals surface area contributed by atoms with Crippen LogP contribution in [0.3, 0.4) is 0 Å². The molecule has 0 fully saturated rings. The van der Waals surface area contributed by atoms with Crippen molar-refractivity contribution in [3.05, 3.63) is 65.0 Å². The average Bonchev–Trinajstić information content (AvgIpc) is 2.51. The Labute approximate surface area is 117 Å². The fraction of sp³-hybridized carbons (Fsp3) is 0.176. The minimum atomic E-state index is 0.0794. The average molecular weight is 265 g/mol. The minimum Gasteiger partial charge on any atom is -0.496 e. The molecule has 20 heavy (non-hydrogen) atoms. The van der Waals surface area contributed by atoms with Gasteiger partial charge in [0.15, 0.2) is 5.78 Å². The first-order valence-corrected chi connectivity index (χ1v) is 6.62. The van der Waals surface area contributed by atoms with Crippen molar-refractivity contribution in [1.29, 1.82) is 0 Å². The highest BCUT2D eigenvalue weighted by molar-refractivity contribution is 6.13. The standard InChI is InChI=1S/C17H15NO2/c1-20-16-7-4-6-15-14(16)9-8-12(17(15)19)11-13-5-2-3-10-18-13/h2-7,10-11H,8-9H2,1H3/b12-11-. The molecule has 0 amide bonds. The molecular formula is C17H15NO2. The Hall–Kier alpha value is -2.42. The monoisotopic (exact) mass is 265 g/mol. The highest BCUT2D eigenvalue weighted by Crippen LogP contribution is 2.32. The lowest BCUT2D eigenvalue weighted by Crippen LogP contribution is -2.15. The molecule has 0 bridgehead atoms. The van der Waals surface area contributed by atoms with Gasteiger partial charge in [-0.25, -0.2) is 0 Å². The number of Topliss-reactive ketones (excluding diaryl/α,β-unsaturated/α-hetero) is 1. The first kappa shape index (κ1) is 12.6. The predicted molar refractivity (Wildman–Crippen MR) is 77.9 cm³/mol. The zero-order valence-corrected chi connectivity index (χ0v) is 11.3. The minimum absolute atomic E-state index is 0.0794. The maximum absolute atomic E-state index is 12.5. The number of hydrogen-bond donors (Lipinski definition) is 0. The van der Waals surface area contributed by atoms with E-state index >= 15 is 0 Å². The predicted octanol–water partition coefficient (Wildman–Crippen LogP) is 3.30. The molecule has 1 aromatic carbocycles. The van der Waals surface area contributed by atoms with Crippen LogP contribution >= 0.6 is 0 Å². The summed E-state index contributed by atoms with van der Waals surface area (Å²) >= 11 is 0. The second-order valence-electron chi connectivity index (χ2n) is 4.74. The van der Waals surface area contributed by atoms with Gasteiger partial charge in [0, 0.05) is 22.9 Å². The number of aromatic nitrogens is 1. The van der Waals surface area contributed by atoms with Gasteiger partial charge in [0.1, 0.15) is 5.75 Å². The number of allylic oxidation sites excluding steroid dienone is 1. The molecule has 1 heterocycles. The number of pyridine rings is 1. The second kappa shape index (κ2) is 5.29. The quantitative estimate of drug-likeness (QED) is 0.782. The third-order valence-electron chi connectivity index (χ3n) is 3.54. The highest BCUT2D eigenvalue weighted by Gasteiger charge is 2.24. The van der Waals surface area contributed by atoms with Crippen molar-refractivity contribution in [2.45, 2.75) is 12.8 Å².